The average Bonchev–Trinajstić information content (AvgIpc) is 2.80. The van der Waals surface area contributed by atoms with Crippen LogP contribution in [-0.2, 0) is 5.75 Å². The number of amides is 1. The van der Waals surface area contributed by atoms with Crippen molar-refractivity contribution >= 4 is 23.4 Å². The number of hydrogen-bond acceptors (Lipinski definition) is 7. The number of aryl methyl sites for hydroxylation is 2. The zero-order chi connectivity index (χ0) is 23.1. The number of nitrogens with zero attached hydrogens (tertiary/aromatic N) is 3. The van der Waals surface area contributed by atoms with E-state index >= 15 is 0 Å². The highest BCUT2D eigenvalue weighted by atomic mass is 32.2. The highest BCUT2D eigenvalue weighted by Gasteiger charge is 2.09. The second-order valence-electron chi connectivity index (χ2n) is 7.13. The molecule has 0 spiro atoms. The summed E-state index contributed by atoms with van der Waals surface area (Å²) in [6, 6.07) is 14.9. The van der Waals surface area contributed by atoms with Crippen LogP contribution in [0.2, 0.25) is 0 Å². The number of hydrazone groups is 1. The first-order valence-electron chi connectivity index (χ1n) is 10.0. The number of nitrogens with one attached hydrogen (secondary N) is 1. The van der Waals surface area contributed by atoms with Crippen LogP contribution in [0, 0.1) is 13.8 Å². The number of thioether (sulfide) groups is 1. The highest BCUT2D eigenvalue weighted by molar-refractivity contribution is 7.98. The summed E-state index contributed by atoms with van der Waals surface area (Å²) in [6.07, 6.45) is 0. The molecule has 8 heteroatoms. The minimum Gasteiger partial charge on any atom is -0.493 e. The molecule has 0 radical (unpaired) electrons. The first-order chi connectivity index (χ1) is 15.4. The summed E-state index contributed by atoms with van der Waals surface area (Å²) in [5, 5.41) is 4.97. The van der Waals surface area contributed by atoms with Crippen LogP contribution in [0.3, 0.4) is 0 Å². The fourth-order valence-electron chi connectivity index (χ4n) is 2.98. The summed E-state index contributed by atoms with van der Waals surface area (Å²) in [6.45, 7) is 5.74. The lowest BCUT2D eigenvalue weighted by Gasteiger charge is -2.09. The Bertz CT molecular complexity index is 1110. The lowest BCUT2D eigenvalue weighted by Crippen LogP contribution is -2.19. The fourth-order valence-corrected chi connectivity index (χ4v) is 3.89. The predicted molar refractivity (Wildman–Crippen MR) is 127 cm³/mol. The Kier molecular flexibility index (Phi) is 7.83. The van der Waals surface area contributed by atoms with Gasteiger partial charge in [-0.25, -0.2) is 15.4 Å². The molecule has 0 fully saturated rings. The van der Waals surface area contributed by atoms with E-state index in [4.69, 9.17) is 9.47 Å². The number of methoxy groups -OCH3 is 2. The van der Waals surface area contributed by atoms with Gasteiger partial charge in [-0.2, -0.15) is 5.10 Å². The summed E-state index contributed by atoms with van der Waals surface area (Å²) < 4.78 is 10.6. The van der Waals surface area contributed by atoms with Crippen molar-refractivity contribution in [2.24, 2.45) is 5.10 Å². The van der Waals surface area contributed by atoms with Crippen LogP contribution in [0.1, 0.15) is 39.8 Å². The third kappa shape index (κ3) is 6.07. The van der Waals surface area contributed by atoms with Crippen molar-refractivity contribution in [3.05, 3.63) is 76.6 Å². The quantitative estimate of drug-likeness (QED) is 0.234. The molecule has 166 valence electrons. The van der Waals surface area contributed by atoms with Crippen LogP contribution >= 0.6 is 11.8 Å². The molecule has 3 aromatic rings. The predicted octanol–water partition coefficient (Wildman–Crippen LogP) is 4.56. The van der Waals surface area contributed by atoms with E-state index in [0.717, 1.165) is 33.4 Å². The molecule has 1 amide bonds. The molecule has 0 aliphatic heterocycles. The van der Waals surface area contributed by atoms with E-state index < -0.39 is 0 Å². The van der Waals surface area contributed by atoms with Gasteiger partial charge in [0.15, 0.2) is 16.7 Å². The minimum atomic E-state index is -0.276. The maximum Gasteiger partial charge on any atom is 0.271 e. The van der Waals surface area contributed by atoms with Crippen LogP contribution in [0.5, 0.6) is 11.5 Å². The second kappa shape index (κ2) is 10.8. The van der Waals surface area contributed by atoms with E-state index in [9.17, 15) is 4.79 Å². The topological polar surface area (TPSA) is 85.7 Å². The molecular weight excluding hydrogens is 424 g/mol. The lowest BCUT2D eigenvalue weighted by molar-refractivity contribution is 0.0955. The maximum absolute atomic E-state index is 12.5. The molecule has 1 heterocycles. The molecule has 3 rings (SSSR count). The van der Waals surface area contributed by atoms with Gasteiger partial charge in [0.2, 0.25) is 0 Å². The van der Waals surface area contributed by atoms with Gasteiger partial charge in [0.05, 0.1) is 19.9 Å². The number of aromatic nitrogens is 2. The zero-order valence-electron chi connectivity index (χ0n) is 18.8. The van der Waals surface area contributed by atoms with Crippen LogP contribution in [0.4, 0.5) is 0 Å². The first kappa shape index (κ1) is 23.3. The molecule has 2 aromatic carbocycles. The molecule has 0 saturated heterocycles. The van der Waals surface area contributed by atoms with Crippen molar-refractivity contribution in [1.82, 2.24) is 15.4 Å². The van der Waals surface area contributed by atoms with Gasteiger partial charge in [-0.3, -0.25) is 4.79 Å². The van der Waals surface area contributed by atoms with Crippen LogP contribution in [-0.4, -0.2) is 35.8 Å². The van der Waals surface area contributed by atoms with E-state index in [2.05, 4.69) is 20.5 Å². The SMILES string of the molecule is COc1ccc(/C(C)=N\NC(=O)c2ccc(CSc3nc(C)cc(C)n3)cc2)cc1OC. The van der Waals surface area contributed by atoms with Crippen molar-refractivity contribution in [3.8, 4) is 11.5 Å². The highest BCUT2D eigenvalue weighted by Crippen LogP contribution is 2.27. The third-order valence-electron chi connectivity index (χ3n) is 4.67. The average molecular weight is 451 g/mol. The number of carbonyl (C=O) groups excluding carboxylic acids is 1. The molecule has 0 atom stereocenters. The zero-order valence-corrected chi connectivity index (χ0v) is 19.6. The van der Waals surface area contributed by atoms with Crippen molar-refractivity contribution < 1.29 is 14.3 Å². The van der Waals surface area contributed by atoms with Crippen molar-refractivity contribution in [3.63, 3.8) is 0 Å². The largest absolute Gasteiger partial charge is 0.493 e. The van der Waals surface area contributed by atoms with Gasteiger partial charge in [0, 0.05) is 28.3 Å². The van der Waals surface area contributed by atoms with E-state index in [1.54, 1.807) is 44.2 Å². The third-order valence-corrected chi connectivity index (χ3v) is 5.59. The molecular formula is C24H26N4O3S. The van der Waals surface area contributed by atoms with E-state index in [0.29, 0.717) is 22.8 Å². The monoisotopic (exact) mass is 450 g/mol. The van der Waals surface area contributed by atoms with Crippen LogP contribution in [0.15, 0.2) is 58.8 Å². The molecule has 0 aliphatic carbocycles. The minimum absolute atomic E-state index is 0.276. The Labute approximate surface area is 192 Å². The van der Waals surface area contributed by atoms with Crippen molar-refractivity contribution in [1.29, 1.82) is 0 Å². The number of carbonyl (C=O) groups is 1. The van der Waals surface area contributed by atoms with Crippen molar-refractivity contribution in [2.45, 2.75) is 31.7 Å². The summed E-state index contributed by atoms with van der Waals surface area (Å²) in [7, 11) is 3.16. The molecule has 0 bridgehead atoms. The summed E-state index contributed by atoms with van der Waals surface area (Å²) in [5.74, 6) is 1.68. The van der Waals surface area contributed by atoms with E-state index in [-0.39, 0.29) is 5.91 Å². The Morgan fingerprint density at radius 3 is 2.19 bits per heavy atom. The Morgan fingerprint density at radius 1 is 0.938 bits per heavy atom. The lowest BCUT2D eigenvalue weighted by atomic mass is 10.1. The Hall–Kier alpha value is -3.39. The summed E-state index contributed by atoms with van der Waals surface area (Å²) in [5.41, 5.74) is 7.61. The number of ether oxygens (including phenoxy) is 2. The second-order valence-corrected chi connectivity index (χ2v) is 8.07. The Balaban J connectivity index is 1.60. The van der Waals surface area contributed by atoms with Gasteiger partial charge in [-0.05, 0) is 62.7 Å². The first-order valence-corrected chi connectivity index (χ1v) is 11.0. The summed E-state index contributed by atoms with van der Waals surface area (Å²) >= 11 is 1.57. The number of benzene rings is 2. The molecule has 0 aliphatic rings. The van der Waals surface area contributed by atoms with Crippen molar-refractivity contribution in [2.75, 3.05) is 14.2 Å². The van der Waals surface area contributed by atoms with Crippen LogP contribution < -0.4 is 14.9 Å². The smallest absolute Gasteiger partial charge is 0.271 e. The molecule has 1 aromatic heterocycles. The van der Waals surface area contributed by atoms with Gasteiger partial charge in [-0.1, -0.05) is 23.9 Å². The van der Waals surface area contributed by atoms with Crippen LogP contribution in [0.25, 0.3) is 0 Å². The molecule has 7 nitrogen and oxygen atoms in total. The number of hydrogen-bond donors (Lipinski definition) is 1. The normalized spacial score (nSPS) is 11.2. The molecule has 32 heavy (non-hydrogen) atoms. The standard InChI is InChI=1S/C24H26N4O3S/c1-15-12-16(2)26-24(25-15)32-14-18-6-8-19(9-7-18)23(29)28-27-17(3)20-10-11-21(30-4)22(13-20)31-5/h6-13H,14H2,1-5H3,(H,28,29)/b27-17-. The molecule has 0 saturated carbocycles. The van der Waals surface area contributed by atoms with Gasteiger partial charge in [0.25, 0.3) is 5.91 Å². The van der Waals surface area contributed by atoms with E-state index in [1.165, 1.54) is 0 Å². The number of rotatable bonds is 8. The molecule has 0 unspecified atom stereocenters. The van der Waals surface area contributed by atoms with Gasteiger partial charge >= 0.3 is 0 Å². The molecule has 1 N–H and O–H groups in total. The summed E-state index contributed by atoms with van der Waals surface area (Å²) in [4.78, 5) is 21.4. The Morgan fingerprint density at radius 2 is 1.56 bits per heavy atom. The van der Waals surface area contributed by atoms with Gasteiger partial charge in [-0.15, -0.1) is 0 Å². The maximum atomic E-state index is 12.5. The van der Waals surface area contributed by atoms with Gasteiger partial charge < -0.3 is 9.47 Å². The van der Waals surface area contributed by atoms with Gasteiger partial charge in [0.1, 0.15) is 0 Å². The van der Waals surface area contributed by atoms with E-state index in [1.807, 2.05) is 51.1 Å². The fraction of sp³-hybridized carbons (Fsp3) is 0.250.